The zero-order chi connectivity index (χ0) is 15.6. The molecule has 0 aliphatic carbocycles. The number of hydrogen-bond acceptors (Lipinski definition) is 3. The van der Waals surface area contributed by atoms with E-state index in [9.17, 15) is 13.2 Å². The van der Waals surface area contributed by atoms with Gasteiger partial charge in [-0.3, -0.25) is 0 Å². The summed E-state index contributed by atoms with van der Waals surface area (Å²) in [6.45, 7) is 3.68. The minimum absolute atomic E-state index is 0.0810. The summed E-state index contributed by atoms with van der Waals surface area (Å²) in [5.41, 5.74) is 6.32. The van der Waals surface area contributed by atoms with E-state index in [0.29, 0.717) is 11.4 Å². The Bertz CT molecular complexity index is 660. The van der Waals surface area contributed by atoms with Crippen LogP contribution in [0.2, 0.25) is 0 Å². The molecule has 3 nitrogen and oxygen atoms in total. The highest BCUT2D eigenvalue weighted by Crippen LogP contribution is 2.33. The lowest BCUT2D eigenvalue weighted by Crippen LogP contribution is -2.08. The van der Waals surface area contributed by atoms with Crippen LogP contribution in [0.1, 0.15) is 13.8 Å². The number of benzene rings is 2. The molecule has 0 atom stereocenters. The Morgan fingerprint density at radius 1 is 1.00 bits per heavy atom. The fourth-order valence-electron chi connectivity index (χ4n) is 1.78. The molecule has 2 rings (SSSR count). The molecular formula is C15H15F3N2O. The fraction of sp³-hybridized carbons (Fsp3) is 0.200. The molecular weight excluding hydrogens is 281 g/mol. The van der Waals surface area contributed by atoms with Gasteiger partial charge in [0.2, 0.25) is 0 Å². The van der Waals surface area contributed by atoms with Crippen LogP contribution in [0.15, 0.2) is 30.3 Å². The van der Waals surface area contributed by atoms with Gasteiger partial charge in [-0.2, -0.15) is 0 Å². The van der Waals surface area contributed by atoms with Crippen LogP contribution in [-0.4, -0.2) is 6.10 Å². The first-order valence-electron chi connectivity index (χ1n) is 6.35. The maximum absolute atomic E-state index is 13.6. The molecule has 21 heavy (non-hydrogen) atoms. The van der Waals surface area contributed by atoms with Crippen molar-refractivity contribution in [3.05, 3.63) is 47.8 Å². The molecule has 3 N–H and O–H groups in total. The summed E-state index contributed by atoms with van der Waals surface area (Å²) in [4.78, 5) is 0. The van der Waals surface area contributed by atoms with Crippen molar-refractivity contribution in [1.82, 2.24) is 0 Å². The van der Waals surface area contributed by atoms with Crippen molar-refractivity contribution in [2.24, 2.45) is 0 Å². The maximum atomic E-state index is 13.6. The number of nitrogens with two attached hydrogens (primary N) is 1. The molecule has 0 spiro atoms. The summed E-state index contributed by atoms with van der Waals surface area (Å²) in [6.07, 6.45) is -0.0810. The van der Waals surface area contributed by atoms with Crippen LogP contribution in [0.25, 0.3) is 0 Å². The lowest BCUT2D eigenvalue weighted by atomic mass is 10.2. The van der Waals surface area contributed by atoms with Crippen LogP contribution < -0.4 is 15.8 Å². The van der Waals surface area contributed by atoms with E-state index in [1.807, 2.05) is 13.8 Å². The first kappa shape index (κ1) is 15.0. The van der Waals surface area contributed by atoms with Gasteiger partial charge in [0.15, 0.2) is 17.5 Å². The first-order chi connectivity index (χ1) is 9.90. The molecule has 6 heteroatoms. The van der Waals surface area contributed by atoms with Gasteiger partial charge in [-0.05, 0) is 38.1 Å². The van der Waals surface area contributed by atoms with E-state index in [-0.39, 0.29) is 17.5 Å². The third-order valence-corrected chi connectivity index (χ3v) is 2.73. The third kappa shape index (κ3) is 3.21. The molecule has 2 aromatic rings. The summed E-state index contributed by atoms with van der Waals surface area (Å²) < 4.78 is 45.2. The normalized spacial score (nSPS) is 10.8. The number of rotatable bonds is 4. The Morgan fingerprint density at radius 3 is 2.38 bits per heavy atom. The highest BCUT2D eigenvalue weighted by atomic mass is 19.2. The molecule has 0 aliphatic heterocycles. The van der Waals surface area contributed by atoms with E-state index in [0.717, 1.165) is 12.1 Å². The van der Waals surface area contributed by atoms with Crippen molar-refractivity contribution in [3.63, 3.8) is 0 Å². The minimum atomic E-state index is -1.53. The molecule has 0 bridgehead atoms. The Labute approximate surface area is 120 Å². The van der Waals surface area contributed by atoms with Gasteiger partial charge in [-0.25, -0.2) is 13.2 Å². The second kappa shape index (κ2) is 5.95. The average Bonchev–Trinajstić information content (AvgIpc) is 2.43. The lowest BCUT2D eigenvalue weighted by Gasteiger charge is -2.16. The van der Waals surface area contributed by atoms with Crippen molar-refractivity contribution < 1.29 is 17.9 Å². The molecule has 0 saturated carbocycles. The predicted octanol–water partition coefficient (Wildman–Crippen LogP) is 4.22. The molecule has 0 aliphatic rings. The van der Waals surface area contributed by atoms with Crippen LogP contribution in [-0.2, 0) is 0 Å². The SMILES string of the molecule is CC(C)Oc1cccc(Nc2ccc(F)c(F)c2F)c1N. The molecule has 2 aromatic carbocycles. The largest absolute Gasteiger partial charge is 0.489 e. The van der Waals surface area contributed by atoms with Gasteiger partial charge < -0.3 is 15.8 Å². The fourth-order valence-corrected chi connectivity index (χ4v) is 1.78. The summed E-state index contributed by atoms with van der Waals surface area (Å²) in [5.74, 6) is -3.65. The van der Waals surface area contributed by atoms with Gasteiger partial charge >= 0.3 is 0 Å². The second-order valence-corrected chi connectivity index (χ2v) is 4.73. The van der Waals surface area contributed by atoms with E-state index < -0.39 is 17.5 Å². The van der Waals surface area contributed by atoms with Gasteiger partial charge in [-0.1, -0.05) is 6.07 Å². The van der Waals surface area contributed by atoms with Crippen molar-refractivity contribution in [2.45, 2.75) is 20.0 Å². The van der Waals surface area contributed by atoms with E-state index in [1.165, 1.54) is 0 Å². The summed E-state index contributed by atoms with van der Waals surface area (Å²) in [5, 5.41) is 2.64. The Kier molecular flexibility index (Phi) is 4.26. The Morgan fingerprint density at radius 2 is 1.71 bits per heavy atom. The number of nitrogens with one attached hydrogen (secondary N) is 1. The third-order valence-electron chi connectivity index (χ3n) is 2.73. The lowest BCUT2D eigenvalue weighted by molar-refractivity contribution is 0.244. The minimum Gasteiger partial charge on any atom is -0.489 e. The molecule has 0 heterocycles. The quantitative estimate of drug-likeness (QED) is 0.656. The molecule has 0 radical (unpaired) electrons. The van der Waals surface area contributed by atoms with Crippen molar-refractivity contribution in [3.8, 4) is 5.75 Å². The molecule has 0 fully saturated rings. The number of anilines is 3. The topological polar surface area (TPSA) is 47.3 Å². The summed E-state index contributed by atoms with van der Waals surface area (Å²) in [6, 6.07) is 6.86. The van der Waals surface area contributed by atoms with Crippen molar-refractivity contribution in [1.29, 1.82) is 0 Å². The Balaban J connectivity index is 2.34. The van der Waals surface area contributed by atoms with E-state index in [2.05, 4.69) is 5.32 Å². The van der Waals surface area contributed by atoms with Gasteiger partial charge in [0.25, 0.3) is 0 Å². The number of ether oxygens (including phenoxy) is 1. The average molecular weight is 296 g/mol. The zero-order valence-corrected chi connectivity index (χ0v) is 11.6. The summed E-state index contributed by atoms with van der Waals surface area (Å²) in [7, 11) is 0. The van der Waals surface area contributed by atoms with E-state index in [1.54, 1.807) is 18.2 Å². The van der Waals surface area contributed by atoms with E-state index in [4.69, 9.17) is 10.5 Å². The van der Waals surface area contributed by atoms with Gasteiger partial charge in [-0.15, -0.1) is 0 Å². The molecule has 0 amide bonds. The number of halogens is 3. The number of para-hydroxylation sites is 1. The number of hydrogen-bond donors (Lipinski definition) is 2. The molecule has 0 unspecified atom stereocenters. The smallest absolute Gasteiger partial charge is 0.196 e. The van der Waals surface area contributed by atoms with Crippen LogP contribution in [0.3, 0.4) is 0 Å². The van der Waals surface area contributed by atoms with Gasteiger partial charge in [0.1, 0.15) is 5.75 Å². The molecule has 112 valence electrons. The zero-order valence-electron chi connectivity index (χ0n) is 11.6. The van der Waals surface area contributed by atoms with Crippen LogP contribution >= 0.6 is 0 Å². The standard InChI is InChI=1S/C15H15F3N2O/c1-8(2)21-12-5-3-4-11(15(12)19)20-10-7-6-9(16)13(17)14(10)18/h3-8,20H,19H2,1-2H3. The van der Waals surface area contributed by atoms with Crippen molar-refractivity contribution in [2.75, 3.05) is 11.1 Å². The van der Waals surface area contributed by atoms with Crippen LogP contribution in [0, 0.1) is 17.5 Å². The summed E-state index contributed by atoms with van der Waals surface area (Å²) >= 11 is 0. The number of nitrogen functional groups attached to an aromatic ring is 1. The maximum Gasteiger partial charge on any atom is 0.196 e. The van der Waals surface area contributed by atoms with Gasteiger partial charge in [0.05, 0.1) is 23.2 Å². The van der Waals surface area contributed by atoms with Crippen LogP contribution in [0.5, 0.6) is 5.75 Å². The van der Waals surface area contributed by atoms with E-state index >= 15 is 0 Å². The van der Waals surface area contributed by atoms with Crippen molar-refractivity contribution >= 4 is 17.1 Å². The molecule has 0 aromatic heterocycles. The van der Waals surface area contributed by atoms with Gasteiger partial charge in [0, 0.05) is 0 Å². The second-order valence-electron chi connectivity index (χ2n) is 4.73. The highest BCUT2D eigenvalue weighted by molar-refractivity contribution is 5.77. The van der Waals surface area contributed by atoms with Crippen LogP contribution in [0.4, 0.5) is 30.2 Å². The Hall–Kier alpha value is -2.37. The monoisotopic (exact) mass is 296 g/mol. The predicted molar refractivity (Wildman–Crippen MR) is 76.2 cm³/mol. The molecule has 0 saturated heterocycles. The first-order valence-corrected chi connectivity index (χ1v) is 6.35. The highest BCUT2D eigenvalue weighted by Gasteiger charge is 2.15.